The zero-order chi connectivity index (χ0) is 19.6. The average Bonchev–Trinajstić information content (AvgIpc) is 2.67. The summed E-state index contributed by atoms with van der Waals surface area (Å²) in [4.78, 5) is 24.3. The molecule has 1 unspecified atom stereocenters. The normalized spacial score (nSPS) is 11.5. The van der Waals surface area contributed by atoms with Crippen molar-refractivity contribution in [2.45, 2.75) is 26.4 Å². The van der Waals surface area contributed by atoms with Crippen molar-refractivity contribution < 1.29 is 19.1 Å². The molecular weight excluding hydrogens is 344 g/mol. The minimum absolute atomic E-state index is 0.153. The molecule has 2 N–H and O–H groups in total. The molecule has 2 aromatic carbocycles. The number of amides is 2. The number of aryl methyl sites for hydroxylation is 1. The first-order valence-corrected chi connectivity index (χ1v) is 8.91. The van der Waals surface area contributed by atoms with Crippen molar-refractivity contribution in [1.82, 2.24) is 5.32 Å². The van der Waals surface area contributed by atoms with Crippen molar-refractivity contribution in [2.24, 2.45) is 0 Å². The molecule has 2 rings (SSSR count). The maximum Gasteiger partial charge on any atom is 0.265 e. The lowest BCUT2D eigenvalue weighted by atomic mass is 10.2. The quantitative estimate of drug-likeness (QED) is 0.665. The van der Waals surface area contributed by atoms with E-state index in [0.717, 1.165) is 12.0 Å². The molecule has 0 saturated carbocycles. The van der Waals surface area contributed by atoms with Crippen molar-refractivity contribution >= 4 is 17.5 Å². The topological polar surface area (TPSA) is 76.7 Å². The molecule has 0 aliphatic rings. The number of para-hydroxylation sites is 1. The summed E-state index contributed by atoms with van der Waals surface area (Å²) in [5, 5.41) is 5.61. The van der Waals surface area contributed by atoms with E-state index in [-0.39, 0.29) is 11.8 Å². The van der Waals surface area contributed by atoms with Gasteiger partial charge in [-0.2, -0.15) is 0 Å². The molecule has 0 aliphatic heterocycles. The van der Waals surface area contributed by atoms with Gasteiger partial charge in [-0.15, -0.1) is 0 Å². The first-order chi connectivity index (χ1) is 13.0. The zero-order valence-corrected chi connectivity index (χ0v) is 16.0. The molecule has 0 bridgehead atoms. The van der Waals surface area contributed by atoms with Crippen LogP contribution in [-0.2, 0) is 9.53 Å². The minimum Gasteiger partial charge on any atom is -0.481 e. The van der Waals surface area contributed by atoms with Gasteiger partial charge in [-0.3, -0.25) is 9.59 Å². The van der Waals surface area contributed by atoms with Crippen LogP contribution in [0.4, 0.5) is 5.69 Å². The van der Waals surface area contributed by atoms with Crippen LogP contribution in [-0.4, -0.2) is 38.2 Å². The molecule has 0 saturated heterocycles. The Morgan fingerprint density at radius 1 is 1.07 bits per heavy atom. The first-order valence-electron chi connectivity index (χ1n) is 8.91. The summed E-state index contributed by atoms with van der Waals surface area (Å²) in [5.74, 6) is 0.274. The van der Waals surface area contributed by atoms with Crippen LogP contribution in [0.2, 0.25) is 0 Å². The highest BCUT2D eigenvalue weighted by Gasteiger charge is 2.16. The van der Waals surface area contributed by atoms with E-state index in [9.17, 15) is 9.59 Å². The van der Waals surface area contributed by atoms with E-state index in [1.165, 1.54) is 0 Å². The first kappa shape index (κ1) is 20.5. The number of carbonyl (C=O) groups excluding carboxylic acids is 2. The lowest BCUT2D eigenvalue weighted by Crippen LogP contribution is -2.30. The Labute approximate surface area is 159 Å². The fraction of sp³-hybridized carbons (Fsp3) is 0.333. The number of nitrogens with one attached hydrogen (secondary N) is 2. The van der Waals surface area contributed by atoms with Gasteiger partial charge in [0.2, 0.25) is 0 Å². The van der Waals surface area contributed by atoms with E-state index in [1.807, 2.05) is 31.2 Å². The van der Waals surface area contributed by atoms with Gasteiger partial charge >= 0.3 is 0 Å². The van der Waals surface area contributed by atoms with Gasteiger partial charge in [-0.25, -0.2) is 0 Å². The number of anilines is 1. The number of methoxy groups -OCH3 is 1. The summed E-state index contributed by atoms with van der Waals surface area (Å²) < 4.78 is 10.7. The van der Waals surface area contributed by atoms with Gasteiger partial charge in [-0.1, -0.05) is 18.2 Å². The van der Waals surface area contributed by atoms with E-state index < -0.39 is 6.10 Å². The van der Waals surface area contributed by atoms with Gasteiger partial charge < -0.3 is 20.1 Å². The Bertz CT molecular complexity index is 759. The Morgan fingerprint density at radius 2 is 1.78 bits per heavy atom. The molecule has 27 heavy (non-hydrogen) atoms. The smallest absolute Gasteiger partial charge is 0.265 e. The van der Waals surface area contributed by atoms with Gasteiger partial charge in [0.15, 0.2) is 6.10 Å². The molecule has 144 valence electrons. The van der Waals surface area contributed by atoms with E-state index in [4.69, 9.17) is 9.47 Å². The van der Waals surface area contributed by atoms with E-state index >= 15 is 0 Å². The molecule has 0 aromatic heterocycles. The second kappa shape index (κ2) is 10.3. The Balaban J connectivity index is 1.87. The Hall–Kier alpha value is -2.86. The van der Waals surface area contributed by atoms with Crippen LogP contribution in [0, 0.1) is 6.92 Å². The van der Waals surface area contributed by atoms with Crippen molar-refractivity contribution in [3.05, 3.63) is 59.7 Å². The van der Waals surface area contributed by atoms with Crippen LogP contribution in [0.1, 0.15) is 29.3 Å². The van der Waals surface area contributed by atoms with E-state index in [0.29, 0.717) is 30.2 Å². The van der Waals surface area contributed by atoms with Crippen molar-refractivity contribution in [2.75, 3.05) is 25.6 Å². The van der Waals surface area contributed by atoms with Crippen LogP contribution in [0.25, 0.3) is 0 Å². The second-order valence-corrected chi connectivity index (χ2v) is 6.19. The molecule has 2 aromatic rings. The molecule has 0 fully saturated rings. The molecule has 0 radical (unpaired) electrons. The number of ether oxygens (including phenoxy) is 2. The fourth-order valence-corrected chi connectivity index (χ4v) is 2.40. The average molecular weight is 370 g/mol. The van der Waals surface area contributed by atoms with Crippen LogP contribution in [0.5, 0.6) is 5.75 Å². The molecule has 0 spiro atoms. The lowest BCUT2D eigenvalue weighted by Gasteiger charge is -2.16. The third-order valence-electron chi connectivity index (χ3n) is 3.99. The van der Waals surface area contributed by atoms with Gasteiger partial charge in [0.25, 0.3) is 11.8 Å². The second-order valence-electron chi connectivity index (χ2n) is 6.19. The lowest BCUT2D eigenvalue weighted by molar-refractivity contribution is -0.122. The monoisotopic (exact) mass is 370 g/mol. The van der Waals surface area contributed by atoms with Crippen LogP contribution >= 0.6 is 0 Å². The summed E-state index contributed by atoms with van der Waals surface area (Å²) in [7, 11) is 1.63. The number of hydrogen-bond acceptors (Lipinski definition) is 4. The molecule has 6 nitrogen and oxygen atoms in total. The number of carbonyl (C=O) groups is 2. The third kappa shape index (κ3) is 6.42. The maximum absolute atomic E-state index is 12.3. The SMILES string of the molecule is COCCCNC(=O)c1ccc(NC(=O)C(C)Oc2ccccc2C)cc1. The van der Waals surface area contributed by atoms with Gasteiger partial charge in [0, 0.05) is 31.5 Å². The van der Waals surface area contributed by atoms with Crippen molar-refractivity contribution in [1.29, 1.82) is 0 Å². The molecule has 0 heterocycles. The highest BCUT2D eigenvalue weighted by Crippen LogP contribution is 2.18. The molecular formula is C21H26N2O4. The fourth-order valence-electron chi connectivity index (χ4n) is 2.40. The van der Waals surface area contributed by atoms with Crippen molar-refractivity contribution in [3.63, 3.8) is 0 Å². The summed E-state index contributed by atoms with van der Waals surface area (Å²) in [6, 6.07) is 14.3. The van der Waals surface area contributed by atoms with Gasteiger partial charge in [0.1, 0.15) is 5.75 Å². The summed E-state index contributed by atoms with van der Waals surface area (Å²) in [6.45, 7) is 4.79. The van der Waals surface area contributed by atoms with E-state index in [2.05, 4.69) is 10.6 Å². The van der Waals surface area contributed by atoms with Crippen molar-refractivity contribution in [3.8, 4) is 5.75 Å². The number of hydrogen-bond donors (Lipinski definition) is 2. The highest BCUT2D eigenvalue weighted by atomic mass is 16.5. The standard InChI is InChI=1S/C21H26N2O4/c1-15-7-4-5-8-19(15)27-16(2)20(24)23-18-11-9-17(10-12-18)21(25)22-13-6-14-26-3/h4-5,7-12,16H,6,13-14H2,1-3H3,(H,22,25)(H,23,24). The number of benzene rings is 2. The zero-order valence-electron chi connectivity index (χ0n) is 16.0. The third-order valence-corrected chi connectivity index (χ3v) is 3.99. The minimum atomic E-state index is -0.644. The van der Waals surface area contributed by atoms with Crippen LogP contribution < -0.4 is 15.4 Å². The van der Waals surface area contributed by atoms with Crippen LogP contribution in [0.15, 0.2) is 48.5 Å². The Morgan fingerprint density at radius 3 is 2.44 bits per heavy atom. The largest absolute Gasteiger partial charge is 0.481 e. The summed E-state index contributed by atoms with van der Waals surface area (Å²) >= 11 is 0. The predicted octanol–water partition coefficient (Wildman–Crippen LogP) is 3.17. The molecule has 2 amide bonds. The van der Waals surface area contributed by atoms with Crippen LogP contribution in [0.3, 0.4) is 0 Å². The predicted molar refractivity (Wildman–Crippen MR) is 105 cm³/mol. The highest BCUT2D eigenvalue weighted by molar-refractivity contribution is 5.96. The van der Waals surface area contributed by atoms with E-state index in [1.54, 1.807) is 38.3 Å². The number of rotatable bonds is 9. The maximum atomic E-state index is 12.3. The Kier molecular flexibility index (Phi) is 7.82. The summed E-state index contributed by atoms with van der Waals surface area (Å²) in [6.07, 6.45) is 0.115. The summed E-state index contributed by atoms with van der Waals surface area (Å²) in [5.41, 5.74) is 2.11. The molecule has 1 atom stereocenters. The molecule has 6 heteroatoms. The van der Waals surface area contributed by atoms with Gasteiger partial charge in [0.05, 0.1) is 0 Å². The van der Waals surface area contributed by atoms with Gasteiger partial charge in [-0.05, 0) is 56.2 Å². The molecule has 0 aliphatic carbocycles.